The molecule has 0 aliphatic carbocycles. The molecular weight excluding hydrogens is 390 g/mol. The predicted molar refractivity (Wildman–Crippen MR) is 104 cm³/mol. The van der Waals surface area contributed by atoms with Crippen molar-refractivity contribution in [3.8, 4) is 34.7 Å². The summed E-state index contributed by atoms with van der Waals surface area (Å²) in [6, 6.07) is 13.6. The Morgan fingerprint density at radius 3 is 2.53 bits per heavy atom. The first kappa shape index (κ1) is 20.7. The molecule has 30 heavy (non-hydrogen) atoms. The van der Waals surface area contributed by atoms with Crippen molar-refractivity contribution in [2.75, 3.05) is 14.2 Å². The first-order valence-corrected chi connectivity index (χ1v) is 8.92. The van der Waals surface area contributed by atoms with Crippen molar-refractivity contribution in [2.24, 2.45) is 0 Å². The lowest BCUT2D eigenvalue weighted by Crippen LogP contribution is -2.26. The van der Waals surface area contributed by atoms with Crippen molar-refractivity contribution in [3.63, 3.8) is 0 Å². The molecule has 0 N–H and O–H groups in total. The van der Waals surface area contributed by atoms with Crippen LogP contribution in [-0.4, -0.2) is 36.4 Å². The predicted octanol–water partition coefficient (Wildman–Crippen LogP) is 3.14. The summed E-state index contributed by atoms with van der Waals surface area (Å²) in [6.07, 6.45) is -0.855. The molecular formula is C21H19N3O6. The second-order valence-electron chi connectivity index (χ2n) is 6.09. The van der Waals surface area contributed by atoms with E-state index in [9.17, 15) is 4.79 Å². The number of nitriles is 1. The van der Waals surface area contributed by atoms with Gasteiger partial charge in [0.15, 0.2) is 24.2 Å². The van der Waals surface area contributed by atoms with Gasteiger partial charge in [-0.2, -0.15) is 10.2 Å². The van der Waals surface area contributed by atoms with Crippen molar-refractivity contribution in [3.05, 3.63) is 53.9 Å². The van der Waals surface area contributed by atoms with Crippen molar-refractivity contribution < 1.29 is 28.3 Å². The Bertz CT molecular complexity index is 1060. The van der Waals surface area contributed by atoms with Crippen LogP contribution in [0, 0.1) is 11.3 Å². The third kappa shape index (κ3) is 4.86. The first-order chi connectivity index (χ1) is 14.5. The van der Waals surface area contributed by atoms with Crippen LogP contribution >= 0.6 is 0 Å². The van der Waals surface area contributed by atoms with Gasteiger partial charge in [-0.1, -0.05) is 5.16 Å². The molecule has 0 saturated carbocycles. The molecule has 0 saturated heterocycles. The summed E-state index contributed by atoms with van der Waals surface area (Å²) in [6.45, 7) is 1.36. The molecule has 0 fully saturated rings. The monoisotopic (exact) mass is 409 g/mol. The molecule has 0 spiro atoms. The molecule has 0 unspecified atom stereocenters. The van der Waals surface area contributed by atoms with Crippen LogP contribution in [0.4, 0.5) is 0 Å². The summed E-state index contributed by atoms with van der Waals surface area (Å²) < 4.78 is 26.3. The van der Waals surface area contributed by atoms with Gasteiger partial charge in [0.05, 0.1) is 25.9 Å². The Morgan fingerprint density at radius 2 is 1.87 bits per heavy atom. The number of hydrogen-bond donors (Lipinski definition) is 0. The number of ether oxygens (including phenoxy) is 4. The van der Waals surface area contributed by atoms with Gasteiger partial charge in [-0.05, 0) is 49.4 Å². The van der Waals surface area contributed by atoms with E-state index in [0.717, 1.165) is 0 Å². The molecule has 154 valence electrons. The van der Waals surface area contributed by atoms with Gasteiger partial charge < -0.3 is 23.5 Å². The second-order valence-corrected chi connectivity index (χ2v) is 6.09. The SMILES string of the molecule is COc1ccc(-c2noc(COC(=O)[C@@H](C)Oc3ccc(C#N)cc3)n2)cc1OC. The molecule has 0 aliphatic rings. The van der Waals surface area contributed by atoms with Gasteiger partial charge in [0.1, 0.15) is 5.75 Å². The van der Waals surface area contributed by atoms with Gasteiger partial charge in [-0.25, -0.2) is 4.79 Å². The number of aromatic nitrogens is 2. The highest BCUT2D eigenvalue weighted by atomic mass is 16.6. The summed E-state index contributed by atoms with van der Waals surface area (Å²) in [5.74, 6) is 1.43. The van der Waals surface area contributed by atoms with Crippen LogP contribution in [0.25, 0.3) is 11.4 Å². The lowest BCUT2D eigenvalue weighted by atomic mass is 10.2. The summed E-state index contributed by atoms with van der Waals surface area (Å²) in [5, 5.41) is 12.7. The third-order valence-electron chi connectivity index (χ3n) is 4.08. The van der Waals surface area contributed by atoms with Crippen LogP contribution in [0.2, 0.25) is 0 Å². The highest BCUT2D eigenvalue weighted by Gasteiger charge is 2.19. The average Bonchev–Trinajstić information content (AvgIpc) is 3.26. The van der Waals surface area contributed by atoms with Crippen LogP contribution in [0.5, 0.6) is 17.2 Å². The summed E-state index contributed by atoms with van der Waals surface area (Å²) in [5.41, 5.74) is 1.16. The average molecular weight is 409 g/mol. The fourth-order valence-corrected chi connectivity index (χ4v) is 2.52. The second kappa shape index (κ2) is 9.43. The normalized spacial score (nSPS) is 11.3. The number of hydrogen-bond acceptors (Lipinski definition) is 9. The van der Waals surface area contributed by atoms with E-state index in [1.54, 1.807) is 56.5 Å². The van der Waals surface area contributed by atoms with E-state index in [0.29, 0.717) is 34.2 Å². The highest BCUT2D eigenvalue weighted by molar-refractivity contribution is 5.74. The number of esters is 1. The topological polar surface area (TPSA) is 117 Å². The van der Waals surface area contributed by atoms with Gasteiger partial charge in [0.2, 0.25) is 5.82 Å². The van der Waals surface area contributed by atoms with Crippen molar-refractivity contribution >= 4 is 5.97 Å². The quantitative estimate of drug-likeness (QED) is 0.517. The Morgan fingerprint density at radius 1 is 1.13 bits per heavy atom. The molecule has 0 radical (unpaired) electrons. The molecule has 0 amide bonds. The van der Waals surface area contributed by atoms with E-state index in [2.05, 4.69) is 10.1 Å². The van der Waals surface area contributed by atoms with E-state index in [-0.39, 0.29) is 12.5 Å². The zero-order valence-corrected chi connectivity index (χ0v) is 16.6. The Balaban J connectivity index is 1.58. The van der Waals surface area contributed by atoms with Crippen LogP contribution < -0.4 is 14.2 Å². The van der Waals surface area contributed by atoms with Crippen LogP contribution in [-0.2, 0) is 16.1 Å². The molecule has 1 atom stereocenters. The molecule has 3 aromatic rings. The molecule has 0 aliphatic heterocycles. The Hall–Kier alpha value is -4.06. The van der Waals surface area contributed by atoms with Crippen molar-refractivity contribution in [1.29, 1.82) is 5.26 Å². The number of rotatable bonds is 8. The van der Waals surface area contributed by atoms with Crippen LogP contribution in [0.15, 0.2) is 47.0 Å². The van der Waals surface area contributed by atoms with E-state index in [4.69, 9.17) is 28.7 Å². The maximum Gasteiger partial charge on any atom is 0.347 e. The fourth-order valence-electron chi connectivity index (χ4n) is 2.52. The summed E-state index contributed by atoms with van der Waals surface area (Å²) in [7, 11) is 3.08. The molecule has 1 aromatic heterocycles. The largest absolute Gasteiger partial charge is 0.493 e. The Labute approximate surface area is 172 Å². The standard InChI is InChI=1S/C21H19N3O6/c1-13(29-16-7-4-14(11-22)5-8-16)21(25)28-12-19-23-20(24-30-19)15-6-9-17(26-2)18(10-15)27-3/h4-10,13H,12H2,1-3H3/t13-/m1/s1. The lowest BCUT2D eigenvalue weighted by Gasteiger charge is -2.13. The maximum atomic E-state index is 12.2. The number of carbonyl (C=O) groups excluding carboxylic acids is 1. The molecule has 9 nitrogen and oxygen atoms in total. The van der Waals surface area contributed by atoms with E-state index < -0.39 is 12.1 Å². The third-order valence-corrected chi connectivity index (χ3v) is 4.08. The van der Waals surface area contributed by atoms with E-state index >= 15 is 0 Å². The Kier molecular flexibility index (Phi) is 6.49. The van der Waals surface area contributed by atoms with Gasteiger partial charge >= 0.3 is 5.97 Å². The smallest absolute Gasteiger partial charge is 0.347 e. The van der Waals surface area contributed by atoms with E-state index in [1.807, 2.05) is 6.07 Å². The fraction of sp³-hybridized carbons (Fsp3) is 0.238. The van der Waals surface area contributed by atoms with Crippen molar-refractivity contribution in [1.82, 2.24) is 10.1 Å². The molecule has 1 heterocycles. The number of methoxy groups -OCH3 is 2. The lowest BCUT2D eigenvalue weighted by molar-refractivity contribution is -0.153. The zero-order chi connectivity index (χ0) is 21.5. The minimum atomic E-state index is -0.855. The van der Waals surface area contributed by atoms with Gasteiger partial charge in [-0.3, -0.25) is 0 Å². The van der Waals surface area contributed by atoms with E-state index in [1.165, 1.54) is 7.11 Å². The highest BCUT2D eigenvalue weighted by Crippen LogP contribution is 2.31. The van der Waals surface area contributed by atoms with Gasteiger partial charge in [0, 0.05) is 5.56 Å². The van der Waals surface area contributed by atoms with Crippen molar-refractivity contribution in [2.45, 2.75) is 19.6 Å². The van der Waals surface area contributed by atoms with Gasteiger partial charge in [0.25, 0.3) is 5.89 Å². The minimum absolute atomic E-state index is 0.138. The van der Waals surface area contributed by atoms with Crippen LogP contribution in [0.1, 0.15) is 18.4 Å². The zero-order valence-electron chi connectivity index (χ0n) is 16.6. The number of benzene rings is 2. The first-order valence-electron chi connectivity index (χ1n) is 8.92. The maximum absolute atomic E-state index is 12.2. The molecule has 9 heteroatoms. The number of nitrogens with zero attached hydrogens (tertiary/aromatic N) is 3. The molecule has 3 rings (SSSR count). The summed E-state index contributed by atoms with van der Waals surface area (Å²) in [4.78, 5) is 16.4. The number of carbonyl (C=O) groups is 1. The molecule has 2 aromatic carbocycles. The van der Waals surface area contributed by atoms with Crippen LogP contribution in [0.3, 0.4) is 0 Å². The van der Waals surface area contributed by atoms with Gasteiger partial charge in [-0.15, -0.1) is 0 Å². The minimum Gasteiger partial charge on any atom is -0.493 e. The summed E-state index contributed by atoms with van der Waals surface area (Å²) >= 11 is 0. The molecule has 0 bridgehead atoms.